The number of nitrogens with one attached hydrogen (secondary N) is 1. The van der Waals surface area contributed by atoms with E-state index in [-0.39, 0.29) is 11.4 Å². The predicted octanol–water partition coefficient (Wildman–Crippen LogP) is 3.15. The van der Waals surface area contributed by atoms with Crippen molar-refractivity contribution in [2.24, 2.45) is 5.10 Å². The Balaban J connectivity index is 2.07. The van der Waals surface area contributed by atoms with Crippen molar-refractivity contribution in [1.82, 2.24) is 9.73 Å². The number of amides is 1. The molecular formula is C19H22BrN3O3S. The monoisotopic (exact) mass is 451 g/mol. The van der Waals surface area contributed by atoms with Gasteiger partial charge in [-0.05, 0) is 49.6 Å². The van der Waals surface area contributed by atoms with E-state index < -0.39 is 15.9 Å². The number of benzene rings is 2. The highest BCUT2D eigenvalue weighted by Gasteiger charge is 2.26. The molecule has 0 aliphatic rings. The van der Waals surface area contributed by atoms with E-state index >= 15 is 0 Å². The van der Waals surface area contributed by atoms with Crippen LogP contribution in [0.25, 0.3) is 0 Å². The maximum atomic E-state index is 12.9. The fourth-order valence-corrected chi connectivity index (χ4v) is 4.77. The van der Waals surface area contributed by atoms with Gasteiger partial charge in [0.25, 0.3) is 5.91 Å². The van der Waals surface area contributed by atoms with Crippen molar-refractivity contribution < 1.29 is 13.2 Å². The summed E-state index contributed by atoms with van der Waals surface area (Å²) in [7, 11) is -2.40. The second kappa shape index (κ2) is 8.77. The highest BCUT2D eigenvalue weighted by molar-refractivity contribution is 9.10. The van der Waals surface area contributed by atoms with Crippen LogP contribution in [-0.4, -0.2) is 38.4 Å². The number of carbonyl (C=O) groups is 1. The van der Waals surface area contributed by atoms with Crippen molar-refractivity contribution in [2.45, 2.75) is 25.7 Å². The number of sulfonamides is 1. The molecule has 27 heavy (non-hydrogen) atoms. The minimum Gasteiger partial charge on any atom is -0.272 e. The largest absolute Gasteiger partial charge is 0.272 e. The molecule has 0 saturated carbocycles. The molecule has 0 aromatic heterocycles. The lowest BCUT2D eigenvalue weighted by molar-refractivity contribution is -0.121. The predicted molar refractivity (Wildman–Crippen MR) is 110 cm³/mol. The van der Waals surface area contributed by atoms with Crippen LogP contribution in [0.1, 0.15) is 22.3 Å². The van der Waals surface area contributed by atoms with Gasteiger partial charge < -0.3 is 0 Å². The number of aryl methyl sites for hydroxylation is 3. The number of nitrogens with zero attached hydrogens (tertiary/aromatic N) is 2. The Morgan fingerprint density at radius 3 is 2.41 bits per heavy atom. The molecule has 2 rings (SSSR count). The van der Waals surface area contributed by atoms with E-state index in [1.165, 1.54) is 13.3 Å². The van der Waals surface area contributed by atoms with E-state index in [0.717, 1.165) is 19.9 Å². The van der Waals surface area contributed by atoms with Crippen molar-refractivity contribution in [3.05, 3.63) is 63.1 Å². The first-order valence-electron chi connectivity index (χ1n) is 8.23. The third-order valence-corrected chi connectivity index (χ3v) is 6.49. The molecular weight excluding hydrogens is 430 g/mol. The van der Waals surface area contributed by atoms with Gasteiger partial charge in [-0.1, -0.05) is 45.8 Å². The highest BCUT2D eigenvalue weighted by Crippen LogP contribution is 2.24. The number of hydrogen-bond donors (Lipinski definition) is 1. The minimum atomic E-state index is -3.78. The van der Waals surface area contributed by atoms with Gasteiger partial charge in [-0.3, -0.25) is 4.79 Å². The number of carbonyl (C=O) groups excluding carboxylic acids is 1. The fraction of sp³-hybridized carbons (Fsp3) is 0.263. The Kier molecular flexibility index (Phi) is 6.91. The van der Waals surface area contributed by atoms with Crippen LogP contribution in [0.15, 0.2) is 50.9 Å². The number of likely N-dealkylation sites (N-methyl/N-ethyl adjacent to an activating group) is 1. The Morgan fingerprint density at radius 2 is 1.81 bits per heavy atom. The Bertz CT molecular complexity index is 964. The van der Waals surface area contributed by atoms with Crippen molar-refractivity contribution in [3.8, 4) is 0 Å². The van der Waals surface area contributed by atoms with Gasteiger partial charge >= 0.3 is 0 Å². The lowest BCUT2D eigenvalue weighted by atomic mass is 10.1. The summed E-state index contributed by atoms with van der Waals surface area (Å²) in [5, 5.41) is 3.87. The molecule has 0 radical (unpaired) electrons. The van der Waals surface area contributed by atoms with Gasteiger partial charge in [0, 0.05) is 11.5 Å². The van der Waals surface area contributed by atoms with Crippen molar-refractivity contribution in [3.63, 3.8) is 0 Å². The average Bonchev–Trinajstić information content (AvgIpc) is 2.53. The standard InChI is InChI=1S/C19H22BrN3O3S/c1-13-8-14(2)19(15(3)9-13)27(25,26)23(4)12-18(24)22-21-11-16-6-5-7-17(20)10-16/h5-11H,12H2,1-4H3,(H,22,24)/b21-11-. The van der Waals surface area contributed by atoms with Crippen molar-refractivity contribution in [2.75, 3.05) is 13.6 Å². The van der Waals surface area contributed by atoms with Crippen LogP contribution in [0.5, 0.6) is 0 Å². The van der Waals surface area contributed by atoms with Gasteiger partial charge in [0.2, 0.25) is 10.0 Å². The summed E-state index contributed by atoms with van der Waals surface area (Å²) in [6, 6.07) is 11.0. The number of hydrazone groups is 1. The van der Waals surface area contributed by atoms with E-state index in [4.69, 9.17) is 0 Å². The molecule has 1 amide bonds. The summed E-state index contributed by atoms with van der Waals surface area (Å²) >= 11 is 3.35. The van der Waals surface area contributed by atoms with Crippen LogP contribution >= 0.6 is 15.9 Å². The molecule has 2 aromatic rings. The zero-order chi connectivity index (χ0) is 20.2. The van der Waals surface area contributed by atoms with E-state index in [2.05, 4.69) is 26.5 Å². The number of rotatable bonds is 6. The van der Waals surface area contributed by atoms with Gasteiger partial charge in [0.05, 0.1) is 17.7 Å². The molecule has 0 spiro atoms. The Morgan fingerprint density at radius 1 is 1.19 bits per heavy atom. The molecule has 6 nitrogen and oxygen atoms in total. The molecule has 0 saturated heterocycles. The third kappa shape index (κ3) is 5.47. The van der Waals surface area contributed by atoms with Gasteiger partial charge in [-0.25, -0.2) is 13.8 Å². The molecule has 0 bridgehead atoms. The summed E-state index contributed by atoms with van der Waals surface area (Å²) < 4.78 is 27.6. The van der Waals surface area contributed by atoms with Gasteiger partial charge in [-0.15, -0.1) is 0 Å². The Labute approximate surface area is 168 Å². The summed E-state index contributed by atoms with van der Waals surface area (Å²) in [5.41, 5.74) is 5.47. The molecule has 0 aliphatic heterocycles. The molecule has 0 atom stereocenters. The van der Waals surface area contributed by atoms with E-state index in [9.17, 15) is 13.2 Å². The molecule has 1 N–H and O–H groups in total. The summed E-state index contributed by atoms with van der Waals surface area (Å²) in [5.74, 6) is -0.519. The molecule has 0 unspecified atom stereocenters. The van der Waals surface area contributed by atoms with Crippen molar-refractivity contribution in [1.29, 1.82) is 0 Å². The van der Waals surface area contributed by atoms with E-state index in [1.807, 2.05) is 43.3 Å². The van der Waals surface area contributed by atoms with Crippen LogP contribution in [0.3, 0.4) is 0 Å². The molecule has 0 aliphatic carbocycles. The van der Waals surface area contributed by atoms with Gasteiger partial charge in [-0.2, -0.15) is 9.41 Å². The molecule has 8 heteroatoms. The zero-order valence-electron chi connectivity index (χ0n) is 15.7. The molecule has 144 valence electrons. The van der Waals surface area contributed by atoms with E-state index in [0.29, 0.717) is 11.1 Å². The zero-order valence-corrected chi connectivity index (χ0v) is 18.1. The second-order valence-electron chi connectivity index (χ2n) is 6.34. The summed E-state index contributed by atoms with van der Waals surface area (Å²) in [4.78, 5) is 12.3. The first-order chi connectivity index (χ1) is 12.6. The van der Waals surface area contributed by atoms with Crippen LogP contribution in [-0.2, 0) is 14.8 Å². The third-order valence-electron chi connectivity index (χ3n) is 3.89. The normalized spacial score (nSPS) is 11.9. The van der Waals surface area contributed by atoms with Crippen LogP contribution in [0.4, 0.5) is 0 Å². The van der Waals surface area contributed by atoms with Gasteiger partial charge in [0.1, 0.15) is 0 Å². The van der Waals surface area contributed by atoms with Crippen LogP contribution < -0.4 is 5.43 Å². The Hall–Kier alpha value is -2.03. The first kappa shape index (κ1) is 21.3. The smallest absolute Gasteiger partial charge is 0.255 e. The number of hydrogen-bond acceptors (Lipinski definition) is 4. The SMILES string of the molecule is Cc1cc(C)c(S(=O)(=O)N(C)CC(=O)N/N=C\c2cccc(Br)c2)c(C)c1. The van der Waals surface area contributed by atoms with Crippen LogP contribution in [0.2, 0.25) is 0 Å². The van der Waals surface area contributed by atoms with Crippen molar-refractivity contribution >= 4 is 38.1 Å². The van der Waals surface area contributed by atoms with Crippen LogP contribution in [0, 0.1) is 20.8 Å². The average molecular weight is 452 g/mol. The molecule has 0 heterocycles. The minimum absolute atomic E-state index is 0.237. The first-order valence-corrected chi connectivity index (χ1v) is 10.5. The maximum Gasteiger partial charge on any atom is 0.255 e. The lowest BCUT2D eigenvalue weighted by Gasteiger charge is -2.19. The molecule has 0 fully saturated rings. The maximum absolute atomic E-state index is 12.9. The summed E-state index contributed by atoms with van der Waals surface area (Å²) in [6.07, 6.45) is 1.49. The second-order valence-corrected chi connectivity index (χ2v) is 9.23. The topological polar surface area (TPSA) is 78.8 Å². The van der Waals surface area contributed by atoms with Gasteiger partial charge in [0.15, 0.2) is 0 Å². The highest BCUT2D eigenvalue weighted by atomic mass is 79.9. The lowest BCUT2D eigenvalue weighted by Crippen LogP contribution is -2.37. The summed E-state index contributed by atoms with van der Waals surface area (Å²) in [6.45, 7) is 5.09. The van der Waals surface area contributed by atoms with E-state index in [1.54, 1.807) is 13.8 Å². The quantitative estimate of drug-likeness (QED) is 0.540. The molecule has 2 aromatic carbocycles. The fourth-order valence-electron chi connectivity index (χ4n) is 2.82. The number of halogens is 1.